The van der Waals surface area contributed by atoms with E-state index in [1.807, 2.05) is 5.51 Å². The Bertz CT molecular complexity index is 320. The zero-order valence-electron chi connectivity index (χ0n) is 8.47. The van der Waals surface area contributed by atoms with E-state index in [-0.39, 0.29) is 0 Å². The van der Waals surface area contributed by atoms with E-state index in [1.54, 1.807) is 11.3 Å². The molecule has 14 heavy (non-hydrogen) atoms. The molecular weight excluding hydrogens is 196 g/mol. The van der Waals surface area contributed by atoms with E-state index in [1.165, 1.54) is 0 Å². The first-order valence-electron chi connectivity index (χ1n) is 4.61. The molecule has 2 heterocycles. The van der Waals surface area contributed by atoms with Crippen molar-refractivity contribution in [2.45, 2.75) is 6.54 Å². The topological polar surface area (TPSA) is 31.7 Å². The molecule has 1 aliphatic heterocycles. The van der Waals surface area contributed by atoms with Crippen molar-refractivity contribution in [3.63, 3.8) is 0 Å². The minimum absolute atomic E-state index is 0.840. The molecule has 0 spiro atoms. The van der Waals surface area contributed by atoms with Crippen LogP contribution in [0.2, 0.25) is 0 Å². The van der Waals surface area contributed by atoms with E-state index in [2.05, 4.69) is 39.3 Å². The summed E-state index contributed by atoms with van der Waals surface area (Å²) in [6, 6.07) is 0. The Labute approximate surface area is 87.9 Å². The molecule has 0 N–H and O–H groups in total. The van der Waals surface area contributed by atoms with Crippen molar-refractivity contribution in [2.75, 3.05) is 27.2 Å². The van der Waals surface area contributed by atoms with E-state index < -0.39 is 0 Å². The molecule has 0 saturated carbocycles. The van der Waals surface area contributed by atoms with E-state index in [0.29, 0.717) is 0 Å². The molecular formula is C9H14N4S. The number of rotatable bonds is 2. The van der Waals surface area contributed by atoms with Gasteiger partial charge in [-0.25, -0.2) is 4.98 Å². The highest BCUT2D eigenvalue weighted by Gasteiger charge is 2.16. The van der Waals surface area contributed by atoms with Crippen molar-refractivity contribution < 1.29 is 0 Å². The molecule has 0 amide bonds. The van der Waals surface area contributed by atoms with Crippen LogP contribution in [0.4, 0.5) is 0 Å². The van der Waals surface area contributed by atoms with Crippen molar-refractivity contribution in [2.24, 2.45) is 4.99 Å². The van der Waals surface area contributed by atoms with E-state index in [9.17, 15) is 0 Å². The maximum atomic E-state index is 4.44. The first-order chi connectivity index (χ1) is 6.77. The lowest BCUT2D eigenvalue weighted by Crippen LogP contribution is -2.36. The molecule has 5 heteroatoms. The third-order valence-electron chi connectivity index (χ3n) is 2.25. The van der Waals surface area contributed by atoms with Crippen LogP contribution in [0, 0.1) is 0 Å². The number of hydrogen-bond donors (Lipinski definition) is 0. The molecule has 1 aliphatic rings. The summed E-state index contributed by atoms with van der Waals surface area (Å²) >= 11 is 1.63. The Morgan fingerprint density at radius 2 is 2.50 bits per heavy atom. The lowest BCUT2D eigenvalue weighted by Gasteiger charge is -2.23. The zero-order chi connectivity index (χ0) is 9.97. The summed E-state index contributed by atoms with van der Waals surface area (Å²) in [6.45, 7) is 2.77. The van der Waals surface area contributed by atoms with Gasteiger partial charge < -0.3 is 9.80 Å². The summed E-state index contributed by atoms with van der Waals surface area (Å²) in [5, 5.41) is 2.08. The van der Waals surface area contributed by atoms with Crippen LogP contribution in [0.5, 0.6) is 0 Å². The van der Waals surface area contributed by atoms with Crippen LogP contribution in [-0.2, 0) is 6.54 Å². The summed E-state index contributed by atoms with van der Waals surface area (Å²) in [5.41, 5.74) is 2.98. The lowest BCUT2D eigenvalue weighted by molar-refractivity contribution is 0.410. The van der Waals surface area contributed by atoms with Gasteiger partial charge in [0.25, 0.3) is 0 Å². The van der Waals surface area contributed by atoms with Gasteiger partial charge in [0, 0.05) is 26.0 Å². The Morgan fingerprint density at radius 3 is 3.07 bits per heavy atom. The monoisotopic (exact) mass is 210 g/mol. The van der Waals surface area contributed by atoms with Gasteiger partial charge in [-0.2, -0.15) is 0 Å². The first-order valence-corrected chi connectivity index (χ1v) is 5.55. The molecule has 0 aliphatic carbocycles. The van der Waals surface area contributed by atoms with Crippen molar-refractivity contribution in [3.05, 3.63) is 16.6 Å². The highest BCUT2D eigenvalue weighted by atomic mass is 32.1. The molecule has 1 aromatic rings. The molecule has 1 aromatic heterocycles. The molecule has 0 aromatic carbocycles. The number of nitrogens with zero attached hydrogens (tertiary/aromatic N) is 4. The van der Waals surface area contributed by atoms with E-state index in [4.69, 9.17) is 0 Å². The maximum Gasteiger partial charge on any atom is 0.196 e. The minimum Gasteiger partial charge on any atom is -0.344 e. The van der Waals surface area contributed by atoms with E-state index >= 15 is 0 Å². The Balaban J connectivity index is 1.99. The number of likely N-dealkylation sites (N-methyl/N-ethyl adjacent to an activating group) is 1. The summed E-state index contributed by atoms with van der Waals surface area (Å²) in [4.78, 5) is 13.0. The second-order valence-electron chi connectivity index (χ2n) is 3.44. The SMILES string of the molecule is CN1CCN=C1N(C)Cc1cscn1. The first kappa shape index (κ1) is 9.45. The van der Waals surface area contributed by atoms with Gasteiger partial charge in [0.05, 0.1) is 24.3 Å². The molecule has 0 saturated heterocycles. The fourth-order valence-corrected chi connectivity index (χ4v) is 2.11. The van der Waals surface area contributed by atoms with Gasteiger partial charge in [-0.1, -0.05) is 0 Å². The van der Waals surface area contributed by atoms with Crippen molar-refractivity contribution in [1.82, 2.24) is 14.8 Å². The Hall–Kier alpha value is -1.10. The van der Waals surface area contributed by atoms with Crippen LogP contribution in [-0.4, -0.2) is 47.9 Å². The minimum atomic E-state index is 0.840. The van der Waals surface area contributed by atoms with Gasteiger partial charge in [-0.3, -0.25) is 4.99 Å². The van der Waals surface area contributed by atoms with Crippen molar-refractivity contribution in [1.29, 1.82) is 0 Å². The van der Waals surface area contributed by atoms with E-state index in [0.717, 1.165) is 31.3 Å². The molecule has 0 radical (unpaired) electrons. The smallest absolute Gasteiger partial charge is 0.196 e. The van der Waals surface area contributed by atoms with Crippen LogP contribution < -0.4 is 0 Å². The third-order valence-corrected chi connectivity index (χ3v) is 2.89. The fourth-order valence-electron chi connectivity index (χ4n) is 1.56. The average molecular weight is 210 g/mol. The highest BCUT2D eigenvalue weighted by Crippen LogP contribution is 2.08. The lowest BCUT2D eigenvalue weighted by atomic mass is 10.4. The normalized spacial score (nSPS) is 15.9. The van der Waals surface area contributed by atoms with Crippen molar-refractivity contribution in [3.8, 4) is 0 Å². The quantitative estimate of drug-likeness (QED) is 0.726. The van der Waals surface area contributed by atoms with Crippen LogP contribution in [0.25, 0.3) is 0 Å². The molecule has 2 rings (SSSR count). The number of aliphatic imine (C=N–C) groups is 1. The predicted molar refractivity (Wildman–Crippen MR) is 58.5 cm³/mol. The molecule has 0 fully saturated rings. The van der Waals surface area contributed by atoms with Gasteiger partial charge >= 0.3 is 0 Å². The van der Waals surface area contributed by atoms with Crippen LogP contribution in [0.15, 0.2) is 15.9 Å². The second kappa shape index (κ2) is 3.96. The van der Waals surface area contributed by atoms with Crippen LogP contribution in [0.1, 0.15) is 5.69 Å². The Morgan fingerprint density at radius 1 is 1.64 bits per heavy atom. The average Bonchev–Trinajstić information content (AvgIpc) is 2.75. The number of thiazole rings is 1. The van der Waals surface area contributed by atoms with Crippen molar-refractivity contribution >= 4 is 17.3 Å². The highest BCUT2D eigenvalue weighted by molar-refractivity contribution is 7.07. The fraction of sp³-hybridized carbons (Fsp3) is 0.556. The number of guanidine groups is 1. The molecule has 0 atom stereocenters. The summed E-state index contributed by atoms with van der Waals surface area (Å²) in [6.07, 6.45) is 0. The standard InChI is InChI=1S/C9H14N4S/c1-12-4-3-10-9(12)13(2)5-8-6-14-7-11-8/h6-7H,3-5H2,1-2H3. The number of hydrogen-bond acceptors (Lipinski definition) is 5. The summed E-state index contributed by atoms with van der Waals surface area (Å²) in [7, 11) is 4.13. The molecule has 4 nitrogen and oxygen atoms in total. The van der Waals surface area contributed by atoms with Gasteiger partial charge in [0.2, 0.25) is 0 Å². The molecule has 0 unspecified atom stereocenters. The molecule has 0 bridgehead atoms. The maximum absolute atomic E-state index is 4.44. The summed E-state index contributed by atoms with van der Waals surface area (Å²) in [5.74, 6) is 1.07. The molecule has 76 valence electrons. The number of aromatic nitrogens is 1. The summed E-state index contributed by atoms with van der Waals surface area (Å²) < 4.78 is 0. The zero-order valence-corrected chi connectivity index (χ0v) is 9.29. The van der Waals surface area contributed by atoms with Gasteiger partial charge in [0.15, 0.2) is 5.96 Å². The largest absolute Gasteiger partial charge is 0.344 e. The van der Waals surface area contributed by atoms with Gasteiger partial charge in [0.1, 0.15) is 0 Å². The third kappa shape index (κ3) is 1.87. The predicted octanol–water partition coefficient (Wildman–Crippen LogP) is 0.876. The second-order valence-corrected chi connectivity index (χ2v) is 4.16. The van der Waals surface area contributed by atoms with Gasteiger partial charge in [-0.05, 0) is 0 Å². The van der Waals surface area contributed by atoms with Crippen LogP contribution >= 0.6 is 11.3 Å². The van der Waals surface area contributed by atoms with Crippen LogP contribution in [0.3, 0.4) is 0 Å². The Kier molecular flexibility index (Phi) is 2.67. The van der Waals surface area contributed by atoms with Gasteiger partial charge in [-0.15, -0.1) is 11.3 Å².